The van der Waals surface area contributed by atoms with Gasteiger partial charge in [-0.05, 0) is 103 Å². The maximum atomic E-state index is 11.8. The zero-order valence-corrected chi connectivity index (χ0v) is 23.3. The van der Waals surface area contributed by atoms with Gasteiger partial charge in [0.15, 0.2) is 0 Å². The van der Waals surface area contributed by atoms with Gasteiger partial charge in [0.25, 0.3) is 0 Å². The van der Waals surface area contributed by atoms with E-state index in [1.54, 1.807) is 0 Å². The van der Waals surface area contributed by atoms with Crippen LogP contribution in [0, 0.1) is 51.2 Å². The molecule has 4 heteroatoms. The lowest BCUT2D eigenvalue weighted by atomic mass is 9.34. The van der Waals surface area contributed by atoms with Crippen molar-refractivity contribution in [2.24, 2.45) is 51.2 Å². The van der Waals surface area contributed by atoms with Crippen LogP contribution in [0.5, 0.6) is 0 Å². The molecule has 0 aromatic heterocycles. The van der Waals surface area contributed by atoms with Gasteiger partial charge in [0.2, 0.25) is 0 Å². The van der Waals surface area contributed by atoms with Crippen molar-refractivity contribution in [3.05, 3.63) is 0 Å². The fraction of sp³-hybridized carbons (Fsp3) is 1.00. The van der Waals surface area contributed by atoms with Crippen molar-refractivity contribution in [1.82, 2.24) is 0 Å². The fourth-order valence-electron chi connectivity index (χ4n) is 10.7. The van der Waals surface area contributed by atoms with E-state index in [2.05, 4.69) is 48.5 Å². The average Bonchev–Trinajstić information content (AvgIpc) is 3.07. The minimum Gasteiger partial charge on any atom is -0.393 e. The van der Waals surface area contributed by atoms with Crippen molar-refractivity contribution in [1.29, 1.82) is 0 Å². The predicted octanol–water partition coefficient (Wildman–Crippen LogP) is 5.55. The quantitative estimate of drug-likeness (QED) is 0.417. The van der Waals surface area contributed by atoms with Gasteiger partial charge < -0.3 is 20.4 Å². The van der Waals surface area contributed by atoms with Gasteiger partial charge >= 0.3 is 0 Å². The molecule has 0 aliphatic heterocycles. The number of aliphatic hydroxyl groups is 4. The Hall–Kier alpha value is -0.160. The lowest BCUT2D eigenvalue weighted by molar-refractivity contribution is -0.274. The normalized spacial score (nSPS) is 52.0. The van der Waals surface area contributed by atoms with Gasteiger partial charge in [0.1, 0.15) is 0 Å². The minimum absolute atomic E-state index is 0.0329. The van der Waals surface area contributed by atoms with Crippen LogP contribution >= 0.6 is 0 Å². The van der Waals surface area contributed by atoms with Crippen LogP contribution in [0.4, 0.5) is 0 Å². The molecule has 0 bridgehead atoms. The second-order valence-corrected chi connectivity index (χ2v) is 15.1. The second-order valence-electron chi connectivity index (χ2n) is 15.1. The third kappa shape index (κ3) is 3.67. The SMILES string of the molecule is CC(C)CCC[C@@](C)(O)[C@H]1CC[C@]2(C)[C@@H]1[C@H](O)C[C@@H]1[C@@]3(C)CC[C@H](O)C(C)(C)[C@@H]3[C@@H](O)C[C@]12C. The van der Waals surface area contributed by atoms with Gasteiger partial charge in [-0.3, -0.25) is 0 Å². The van der Waals surface area contributed by atoms with E-state index in [9.17, 15) is 20.4 Å². The molecule has 198 valence electrons. The molecular weight excluding hydrogens is 424 g/mol. The van der Waals surface area contributed by atoms with Crippen LogP contribution in [-0.4, -0.2) is 44.3 Å². The van der Waals surface area contributed by atoms with Gasteiger partial charge in [-0.2, -0.15) is 0 Å². The smallest absolute Gasteiger partial charge is 0.0651 e. The van der Waals surface area contributed by atoms with E-state index in [1.807, 2.05) is 6.92 Å². The van der Waals surface area contributed by atoms with Crippen molar-refractivity contribution in [2.45, 2.75) is 137 Å². The lowest BCUT2D eigenvalue weighted by Crippen LogP contribution is -2.69. The molecule has 4 saturated carbocycles. The summed E-state index contributed by atoms with van der Waals surface area (Å²) in [4.78, 5) is 0. The molecule has 0 radical (unpaired) electrons. The van der Waals surface area contributed by atoms with Crippen LogP contribution in [0.3, 0.4) is 0 Å². The van der Waals surface area contributed by atoms with Crippen LogP contribution < -0.4 is 0 Å². The Balaban J connectivity index is 1.68. The highest BCUT2D eigenvalue weighted by Crippen LogP contribution is 2.75. The molecule has 0 amide bonds. The van der Waals surface area contributed by atoms with Crippen molar-refractivity contribution >= 4 is 0 Å². The number of aliphatic hydroxyl groups excluding tert-OH is 3. The van der Waals surface area contributed by atoms with Crippen LogP contribution in [-0.2, 0) is 0 Å². The number of fused-ring (bicyclic) bond motifs is 5. The van der Waals surface area contributed by atoms with Crippen LogP contribution in [0.15, 0.2) is 0 Å². The molecule has 4 rings (SSSR count). The first-order chi connectivity index (χ1) is 15.5. The first-order valence-electron chi connectivity index (χ1n) is 14.3. The van der Waals surface area contributed by atoms with Crippen molar-refractivity contribution in [3.8, 4) is 0 Å². The number of hydrogen-bond donors (Lipinski definition) is 4. The maximum Gasteiger partial charge on any atom is 0.0651 e. The first-order valence-corrected chi connectivity index (χ1v) is 14.3. The van der Waals surface area contributed by atoms with Crippen molar-refractivity contribution in [2.75, 3.05) is 0 Å². The Kier molecular flexibility index (Phi) is 6.67. The molecule has 4 aliphatic rings. The van der Waals surface area contributed by atoms with E-state index in [-0.39, 0.29) is 39.4 Å². The van der Waals surface area contributed by atoms with Gasteiger partial charge in [0, 0.05) is 0 Å². The molecular formula is C30H54O4. The zero-order valence-electron chi connectivity index (χ0n) is 23.3. The molecule has 4 N–H and O–H groups in total. The minimum atomic E-state index is -0.766. The van der Waals surface area contributed by atoms with Crippen LogP contribution in [0.25, 0.3) is 0 Å². The summed E-state index contributed by atoms with van der Waals surface area (Å²) in [5.41, 5.74) is -1.42. The highest BCUT2D eigenvalue weighted by Gasteiger charge is 2.72. The van der Waals surface area contributed by atoms with E-state index >= 15 is 0 Å². The largest absolute Gasteiger partial charge is 0.393 e. The summed E-state index contributed by atoms with van der Waals surface area (Å²) in [5, 5.41) is 46.0. The Bertz CT molecular complexity index is 761. The monoisotopic (exact) mass is 478 g/mol. The fourth-order valence-corrected chi connectivity index (χ4v) is 10.7. The van der Waals surface area contributed by atoms with E-state index in [1.165, 1.54) is 0 Å². The maximum absolute atomic E-state index is 11.8. The average molecular weight is 479 g/mol. The highest BCUT2D eigenvalue weighted by atomic mass is 16.3. The van der Waals surface area contributed by atoms with Gasteiger partial charge in [-0.15, -0.1) is 0 Å². The molecule has 4 fully saturated rings. The summed E-state index contributed by atoms with van der Waals surface area (Å²) in [5.74, 6) is 1.15. The van der Waals surface area contributed by atoms with Crippen molar-refractivity contribution in [3.63, 3.8) is 0 Å². The summed E-state index contributed by atoms with van der Waals surface area (Å²) >= 11 is 0. The topological polar surface area (TPSA) is 80.9 Å². The second kappa shape index (κ2) is 8.43. The molecule has 0 spiro atoms. The van der Waals surface area contributed by atoms with Gasteiger partial charge in [-0.25, -0.2) is 0 Å². The predicted molar refractivity (Wildman–Crippen MR) is 137 cm³/mol. The summed E-state index contributed by atoms with van der Waals surface area (Å²) in [6, 6.07) is 0. The van der Waals surface area contributed by atoms with E-state index in [0.29, 0.717) is 11.8 Å². The Morgan fingerprint density at radius 2 is 1.56 bits per heavy atom. The molecule has 4 nitrogen and oxygen atoms in total. The highest BCUT2D eigenvalue weighted by molar-refractivity contribution is 5.21. The molecule has 34 heavy (non-hydrogen) atoms. The number of hydrogen-bond acceptors (Lipinski definition) is 4. The first kappa shape index (κ1) is 26.9. The third-order valence-corrected chi connectivity index (χ3v) is 12.5. The van der Waals surface area contributed by atoms with Gasteiger partial charge in [-0.1, -0.05) is 61.3 Å². The van der Waals surface area contributed by atoms with Crippen LogP contribution in [0.1, 0.15) is 113 Å². The summed E-state index contributed by atoms with van der Waals surface area (Å²) in [6.45, 7) is 17.9. The summed E-state index contributed by atoms with van der Waals surface area (Å²) in [6.07, 6.45) is 6.80. The molecule has 0 heterocycles. The standard InChI is InChI=1S/C30H54O4/c1-18(2)10-9-13-30(8,34)19-11-15-28(6)24(19)20(31)16-22-27(5)14-12-23(33)26(3,4)25(27)21(32)17-29(22,28)7/h18-25,31-34H,9-17H2,1-8H3/t19-,20+,21-,22+,23-,24-,25-,27+,28+,29+,30+/m0/s1. The molecule has 0 aromatic rings. The molecule has 4 aliphatic carbocycles. The summed E-state index contributed by atoms with van der Waals surface area (Å²) in [7, 11) is 0. The molecule has 11 atom stereocenters. The van der Waals surface area contributed by atoms with E-state index < -0.39 is 23.9 Å². The van der Waals surface area contributed by atoms with Gasteiger partial charge in [0.05, 0.1) is 23.9 Å². The Labute approximate surface area is 208 Å². The third-order valence-electron chi connectivity index (χ3n) is 12.5. The number of rotatable bonds is 5. The Morgan fingerprint density at radius 3 is 2.18 bits per heavy atom. The molecule has 0 saturated heterocycles. The summed E-state index contributed by atoms with van der Waals surface area (Å²) < 4.78 is 0. The van der Waals surface area contributed by atoms with Crippen LogP contribution in [0.2, 0.25) is 0 Å². The Morgan fingerprint density at radius 1 is 0.912 bits per heavy atom. The molecule has 0 unspecified atom stereocenters. The van der Waals surface area contributed by atoms with Crippen molar-refractivity contribution < 1.29 is 20.4 Å². The zero-order chi connectivity index (χ0) is 25.5. The van der Waals surface area contributed by atoms with E-state index in [0.717, 1.165) is 57.8 Å². The van der Waals surface area contributed by atoms with E-state index in [4.69, 9.17) is 0 Å². The lowest BCUT2D eigenvalue weighted by Gasteiger charge is -2.71. The molecule has 0 aromatic carbocycles.